The molecule has 1 heterocycles. The van der Waals surface area contributed by atoms with Gasteiger partial charge in [-0.15, -0.1) is 0 Å². The maximum absolute atomic E-state index is 12.0. The van der Waals surface area contributed by atoms with Gasteiger partial charge in [-0.05, 0) is 24.3 Å². The van der Waals surface area contributed by atoms with Crippen molar-refractivity contribution in [1.29, 1.82) is 0 Å². The van der Waals surface area contributed by atoms with E-state index >= 15 is 0 Å². The molecule has 2 atom stereocenters. The number of fused-ring (bicyclic) bond motifs is 1. The van der Waals surface area contributed by atoms with Crippen LogP contribution in [0, 0.1) is 5.92 Å². The van der Waals surface area contributed by atoms with Crippen molar-refractivity contribution in [1.82, 2.24) is 4.90 Å². The molecule has 1 amide bonds. The molecule has 0 aromatic heterocycles. The predicted molar refractivity (Wildman–Crippen MR) is 66.4 cm³/mol. The zero-order chi connectivity index (χ0) is 13.5. The topological polar surface area (TPSA) is 66.8 Å². The number of aliphatic carboxylic acids is 1. The number of amides is 1. The van der Waals surface area contributed by atoms with Crippen LogP contribution in [0.2, 0.25) is 0 Å². The van der Waals surface area contributed by atoms with Gasteiger partial charge in [-0.1, -0.05) is 30.3 Å². The number of likely N-dealkylation sites (tertiary alicyclic amines) is 1. The lowest BCUT2D eigenvalue weighted by Gasteiger charge is -2.24. The first-order chi connectivity index (χ1) is 9.14. The third kappa shape index (κ3) is 1.85. The van der Waals surface area contributed by atoms with Crippen molar-refractivity contribution >= 4 is 12.1 Å². The summed E-state index contributed by atoms with van der Waals surface area (Å²) < 4.78 is 5.21. The van der Waals surface area contributed by atoms with Gasteiger partial charge in [-0.25, -0.2) is 9.59 Å². The summed E-state index contributed by atoms with van der Waals surface area (Å²) in [6, 6.07) is 9.36. The van der Waals surface area contributed by atoms with Crippen LogP contribution in [0.1, 0.15) is 18.4 Å². The van der Waals surface area contributed by atoms with Gasteiger partial charge in [-0.3, -0.25) is 4.90 Å². The largest absolute Gasteiger partial charge is 0.479 e. The molecular weight excluding hydrogens is 246 g/mol. The van der Waals surface area contributed by atoms with Crippen LogP contribution in [0.15, 0.2) is 30.3 Å². The van der Waals surface area contributed by atoms with E-state index in [1.165, 1.54) is 4.90 Å². The van der Waals surface area contributed by atoms with E-state index in [-0.39, 0.29) is 12.5 Å². The lowest BCUT2D eigenvalue weighted by molar-refractivity contribution is -0.144. The molecule has 1 aromatic carbocycles. The zero-order valence-corrected chi connectivity index (χ0v) is 10.4. The van der Waals surface area contributed by atoms with E-state index < -0.39 is 17.6 Å². The third-order valence-electron chi connectivity index (χ3n) is 4.05. The lowest BCUT2D eigenvalue weighted by Crippen LogP contribution is -2.45. The molecule has 1 saturated heterocycles. The number of benzene rings is 1. The van der Waals surface area contributed by atoms with Crippen LogP contribution in [0.5, 0.6) is 0 Å². The Balaban J connectivity index is 1.64. The van der Waals surface area contributed by atoms with Crippen molar-refractivity contribution in [3.05, 3.63) is 35.9 Å². The number of rotatable bonds is 3. The summed E-state index contributed by atoms with van der Waals surface area (Å²) in [4.78, 5) is 24.7. The predicted octanol–water partition coefficient (Wildman–Crippen LogP) is 1.87. The van der Waals surface area contributed by atoms with E-state index in [0.29, 0.717) is 13.0 Å². The fourth-order valence-corrected chi connectivity index (χ4v) is 2.90. The summed E-state index contributed by atoms with van der Waals surface area (Å²) in [6.07, 6.45) is 0.793. The molecule has 0 bridgehead atoms. The van der Waals surface area contributed by atoms with E-state index in [2.05, 4.69) is 0 Å². The van der Waals surface area contributed by atoms with Gasteiger partial charge in [0.2, 0.25) is 0 Å². The Morgan fingerprint density at radius 3 is 2.74 bits per heavy atom. The van der Waals surface area contributed by atoms with Crippen LogP contribution in [0.3, 0.4) is 0 Å². The molecule has 2 fully saturated rings. The Hall–Kier alpha value is -2.04. The van der Waals surface area contributed by atoms with Crippen molar-refractivity contribution < 1.29 is 19.4 Å². The molecule has 100 valence electrons. The van der Waals surface area contributed by atoms with Crippen molar-refractivity contribution in [2.24, 2.45) is 5.92 Å². The maximum Gasteiger partial charge on any atom is 0.411 e. The second kappa shape index (κ2) is 4.26. The van der Waals surface area contributed by atoms with Crippen LogP contribution in [0.25, 0.3) is 0 Å². The Bertz CT molecular complexity index is 515. The first-order valence-corrected chi connectivity index (χ1v) is 6.36. The summed E-state index contributed by atoms with van der Waals surface area (Å²) in [5.41, 5.74) is -0.0832. The molecule has 1 aliphatic heterocycles. The van der Waals surface area contributed by atoms with Crippen LogP contribution in [0.4, 0.5) is 4.79 Å². The number of carbonyl (C=O) groups is 2. The summed E-state index contributed by atoms with van der Waals surface area (Å²) in [5.74, 6) is -0.805. The van der Waals surface area contributed by atoms with Crippen LogP contribution < -0.4 is 0 Å². The summed E-state index contributed by atoms with van der Waals surface area (Å²) in [6.45, 7) is 0.654. The van der Waals surface area contributed by atoms with E-state index in [1.807, 2.05) is 30.3 Å². The molecule has 1 saturated carbocycles. The minimum absolute atomic E-state index is 0.106. The fraction of sp³-hybridized carbons (Fsp3) is 0.429. The van der Waals surface area contributed by atoms with Crippen molar-refractivity contribution in [2.45, 2.75) is 25.0 Å². The summed E-state index contributed by atoms with van der Waals surface area (Å²) >= 11 is 0. The first-order valence-electron chi connectivity index (χ1n) is 6.36. The number of carbonyl (C=O) groups excluding carboxylic acids is 1. The van der Waals surface area contributed by atoms with E-state index in [9.17, 15) is 14.7 Å². The second-order valence-electron chi connectivity index (χ2n) is 5.11. The average molecular weight is 261 g/mol. The molecule has 0 spiro atoms. The Labute approximate surface area is 110 Å². The number of nitrogens with zero attached hydrogens (tertiary/aromatic N) is 1. The molecule has 5 nitrogen and oxygen atoms in total. The molecule has 2 aliphatic rings. The molecular formula is C14H15NO4. The standard InChI is InChI=1S/C14H15NO4/c16-12(17)14-8-11(14)6-7-15(14)13(18)19-9-10-4-2-1-3-5-10/h1-5,11H,6-9H2,(H,16,17)/t11-,14+/m0/s1. The molecule has 5 heteroatoms. The van der Waals surface area contributed by atoms with E-state index in [1.54, 1.807) is 0 Å². The number of piperidine rings is 1. The monoisotopic (exact) mass is 261 g/mol. The van der Waals surface area contributed by atoms with E-state index in [4.69, 9.17) is 4.74 Å². The smallest absolute Gasteiger partial charge is 0.411 e. The number of ether oxygens (including phenoxy) is 1. The highest BCUT2D eigenvalue weighted by Gasteiger charge is 2.69. The SMILES string of the molecule is O=C(OCc1ccccc1)N1CC[C@H]2C[C@]21C(=O)O. The highest BCUT2D eigenvalue weighted by atomic mass is 16.6. The van der Waals surface area contributed by atoms with Gasteiger partial charge in [0.1, 0.15) is 12.1 Å². The minimum atomic E-state index is -0.978. The van der Waals surface area contributed by atoms with Gasteiger partial charge in [0.05, 0.1) is 0 Å². The zero-order valence-electron chi connectivity index (χ0n) is 10.4. The number of hydrogen-bond acceptors (Lipinski definition) is 3. The Morgan fingerprint density at radius 1 is 1.37 bits per heavy atom. The lowest BCUT2D eigenvalue weighted by atomic mass is 10.2. The van der Waals surface area contributed by atoms with Crippen molar-refractivity contribution in [3.8, 4) is 0 Å². The highest BCUT2D eigenvalue weighted by molar-refractivity contribution is 5.89. The van der Waals surface area contributed by atoms with Crippen LogP contribution >= 0.6 is 0 Å². The molecule has 1 aliphatic carbocycles. The van der Waals surface area contributed by atoms with Gasteiger partial charge in [0.25, 0.3) is 0 Å². The Morgan fingerprint density at radius 2 is 2.11 bits per heavy atom. The van der Waals surface area contributed by atoms with Crippen LogP contribution in [-0.4, -0.2) is 34.2 Å². The van der Waals surface area contributed by atoms with Crippen LogP contribution in [-0.2, 0) is 16.1 Å². The maximum atomic E-state index is 12.0. The van der Waals surface area contributed by atoms with Gasteiger partial charge < -0.3 is 9.84 Å². The van der Waals surface area contributed by atoms with Gasteiger partial charge >= 0.3 is 12.1 Å². The number of hydrogen-bond donors (Lipinski definition) is 1. The van der Waals surface area contributed by atoms with Gasteiger partial charge in [0, 0.05) is 6.54 Å². The highest BCUT2D eigenvalue weighted by Crippen LogP contribution is 2.55. The van der Waals surface area contributed by atoms with E-state index in [0.717, 1.165) is 12.0 Å². The Kier molecular flexibility index (Phi) is 2.69. The first kappa shape index (κ1) is 12.0. The van der Waals surface area contributed by atoms with Crippen molar-refractivity contribution in [3.63, 3.8) is 0 Å². The molecule has 19 heavy (non-hydrogen) atoms. The quantitative estimate of drug-likeness (QED) is 0.902. The fourth-order valence-electron chi connectivity index (χ4n) is 2.90. The molecule has 0 unspecified atom stereocenters. The van der Waals surface area contributed by atoms with Gasteiger partial charge in [-0.2, -0.15) is 0 Å². The summed E-state index contributed by atoms with van der Waals surface area (Å²) in [7, 11) is 0. The molecule has 1 N–H and O–H groups in total. The molecule has 1 aromatic rings. The second-order valence-corrected chi connectivity index (χ2v) is 5.11. The summed E-state index contributed by atoms with van der Waals surface area (Å²) in [5, 5.41) is 9.27. The number of carboxylic acids is 1. The molecule has 0 radical (unpaired) electrons. The molecule has 3 rings (SSSR count). The van der Waals surface area contributed by atoms with Crippen molar-refractivity contribution in [2.75, 3.05) is 6.54 Å². The normalized spacial score (nSPS) is 27.8. The number of carboxylic acid groups (broad SMARTS) is 1. The average Bonchev–Trinajstić information content (AvgIpc) is 3.04. The third-order valence-corrected chi connectivity index (χ3v) is 4.05. The minimum Gasteiger partial charge on any atom is -0.479 e. The van der Waals surface area contributed by atoms with Gasteiger partial charge in [0.15, 0.2) is 0 Å².